The summed E-state index contributed by atoms with van der Waals surface area (Å²) in [6.45, 7) is 5.05. The van der Waals surface area contributed by atoms with Crippen LogP contribution in [-0.2, 0) is 9.53 Å². The average Bonchev–Trinajstić information content (AvgIpc) is 2.37. The molecule has 4 nitrogen and oxygen atoms in total. The molecule has 0 N–H and O–H groups in total. The van der Waals surface area contributed by atoms with Gasteiger partial charge in [0.1, 0.15) is 6.10 Å². The minimum Gasteiger partial charge on any atom is -0.493 e. The molecule has 0 aromatic heterocycles. The zero-order valence-electron chi connectivity index (χ0n) is 10.9. The molecular weight excluding hydrogens is 232 g/mol. The van der Waals surface area contributed by atoms with E-state index in [1.807, 2.05) is 6.07 Å². The van der Waals surface area contributed by atoms with Crippen molar-refractivity contribution in [1.82, 2.24) is 0 Å². The zero-order valence-corrected chi connectivity index (χ0v) is 10.9. The van der Waals surface area contributed by atoms with Crippen LogP contribution in [0, 0.1) is 0 Å². The molecule has 1 rings (SSSR count). The normalized spacial score (nSPS) is 11.5. The second-order valence-corrected chi connectivity index (χ2v) is 3.74. The summed E-state index contributed by atoms with van der Waals surface area (Å²) in [6.07, 6.45) is 1.92. The molecule has 1 atom stereocenters. The van der Waals surface area contributed by atoms with E-state index in [1.165, 1.54) is 6.92 Å². The van der Waals surface area contributed by atoms with Crippen LogP contribution in [0.5, 0.6) is 11.5 Å². The fourth-order valence-electron chi connectivity index (χ4n) is 1.66. The number of ether oxygens (including phenoxy) is 3. The van der Waals surface area contributed by atoms with E-state index in [2.05, 4.69) is 6.58 Å². The van der Waals surface area contributed by atoms with E-state index in [0.29, 0.717) is 17.9 Å². The lowest BCUT2D eigenvalue weighted by Crippen LogP contribution is -2.08. The van der Waals surface area contributed by atoms with Crippen molar-refractivity contribution >= 4 is 5.97 Å². The van der Waals surface area contributed by atoms with Gasteiger partial charge >= 0.3 is 5.97 Å². The van der Waals surface area contributed by atoms with Gasteiger partial charge in [0.25, 0.3) is 0 Å². The summed E-state index contributed by atoms with van der Waals surface area (Å²) in [5.41, 5.74) is 0.850. The van der Waals surface area contributed by atoms with Crippen molar-refractivity contribution in [1.29, 1.82) is 0 Å². The number of carbonyl (C=O) groups is 1. The third-order valence-corrected chi connectivity index (χ3v) is 2.47. The number of hydrogen-bond acceptors (Lipinski definition) is 4. The maximum atomic E-state index is 11.1. The summed E-state index contributed by atoms with van der Waals surface area (Å²) in [4.78, 5) is 11.1. The number of benzene rings is 1. The van der Waals surface area contributed by atoms with Crippen LogP contribution in [0.15, 0.2) is 30.9 Å². The van der Waals surface area contributed by atoms with E-state index < -0.39 is 0 Å². The topological polar surface area (TPSA) is 44.8 Å². The first kappa shape index (κ1) is 14.1. The van der Waals surface area contributed by atoms with Gasteiger partial charge in [0, 0.05) is 13.3 Å². The van der Waals surface area contributed by atoms with Crippen molar-refractivity contribution in [3.8, 4) is 11.5 Å². The lowest BCUT2D eigenvalue weighted by atomic mass is 10.1. The van der Waals surface area contributed by atoms with Gasteiger partial charge < -0.3 is 14.2 Å². The minimum absolute atomic E-state index is 0.323. The Morgan fingerprint density at radius 1 is 1.33 bits per heavy atom. The van der Waals surface area contributed by atoms with Crippen molar-refractivity contribution in [2.75, 3.05) is 14.2 Å². The molecule has 0 bridgehead atoms. The first-order valence-corrected chi connectivity index (χ1v) is 5.62. The van der Waals surface area contributed by atoms with Gasteiger partial charge in [0.2, 0.25) is 0 Å². The predicted octanol–water partition coefficient (Wildman–Crippen LogP) is 2.88. The van der Waals surface area contributed by atoms with Crippen molar-refractivity contribution in [3.63, 3.8) is 0 Å². The monoisotopic (exact) mass is 250 g/mol. The van der Waals surface area contributed by atoms with E-state index >= 15 is 0 Å². The van der Waals surface area contributed by atoms with Gasteiger partial charge in [-0.2, -0.15) is 0 Å². The molecule has 1 unspecified atom stereocenters. The van der Waals surface area contributed by atoms with E-state index in [4.69, 9.17) is 14.2 Å². The molecule has 0 aliphatic carbocycles. The SMILES string of the molecule is C=CCC(OC(C)=O)c1ccc(OC)c(OC)c1. The van der Waals surface area contributed by atoms with Gasteiger partial charge in [-0.05, 0) is 17.7 Å². The van der Waals surface area contributed by atoms with E-state index in [9.17, 15) is 4.79 Å². The van der Waals surface area contributed by atoms with E-state index in [-0.39, 0.29) is 12.1 Å². The van der Waals surface area contributed by atoms with Crippen LogP contribution >= 0.6 is 0 Å². The summed E-state index contributed by atoms with van der Waals surface area (Å²) >= 11 is 0. The third kappa shape index (κ3) is 3.52. The lowest BCUT2D eigenvalue weighted by molar-refractivity contribution is -0.146. The summed E-state index contributed by atoms with van der Waals surface area (Å²) < 4.78 is 15.6. The third-order valence-electron chi connectivity index (χ3n) is 2.47. The number of rotatable bonds is 6. The molecular formula is C14H18O4. The highest BCUT2D eigenvalue weighted by Gasteiger charge is 2.15. The number of carbonyl (C=O) groups excluding carboxylic acids is 1. The molecule has 0 fully saturated rings. The Balaban J connectivity index is 3.04. The molecule has 0 heterocycles. The summed E-state index contributed by atoms with van der Waals surface area (Å²) in [5.74, 6) is 0.925. The van der Waals surface area contributed by atoms with Crippen LogP contribution in [0.1, 0.15) is 25.0 Å². The van der Waals surface area contributed by atoms with Gasteiger partial charge in [-0.25, -0.2) is 0 Å². The largest absolute Gasteiger partial charge is 0.493 e. The van der Waals surface area contributed by atoms with Gasteiger partial charge in [-0.15, -0.1) is 6.58 Å². The highest BCUT2D eigenvalue weighted by Crippen LogP contribution is 2.32. The molecule has 0 saturated carbocycles. The summed E-state index contributed by atoms with van der Waals surface area (Å²) in [5, 5.41) is 0. The van der Waals surface area contributed by atoms with Crippen LogP contribution in [-0.4, -0.2) is 20.2 Å². The van der Waals surface area contributed by atoms with Crippen molar-refractivity contribution in [2.45, 2.75) is 19.4 Å². The Morgan fingerprint density at radius 2 is 2.00 bits per heavy atom. The van der Waals surface area contributed by atoms with Crippen LogP contribution in [0.3, 0.4) is 0 Å². The van der Waals surface area contributed by atoms with E-state index in [1.54, 1.807) is 32.4 Å². The number of hydrogen-bond donors (Lipinski definition) is 0. The molecule has 0 radical (unpaired) electrons. The second kappa shape index (κ2) is 6.69. The Labute approximate surface area is 107 Å². The number of esters is 1. The molecule has 18 heavy (non-hydrogen) atoms. The van der Waals surface area contributed by atoms with Crippen molar-refractivity contribution in [2.24, 2.45) is 0 Å². The lowest BCUT2D eigenvalue weighted by Gasteiger charge is -2.17. The minimum atomic E-state index is -0.347. The van der Waals surface area contributed by atoms with Crippen LogP contribution in [0.4, 0.5) is 0 Å². The molecule has 4 heteroatoms. The molecule has 0 aliphatic heterocycles. The highest BCUT2D eigenvalue weighted by molar-refractivity contribution is 5.66. The second-order valence-electron chi connectivity index (χ2n) is 3.74. The smallest absolute Gasteiger partial charge is 0.303 e. The first-order chi connectivity index (χ1) is 8.62. The Hall–Kier alpha value is -1.97. The van der Waals surface area contributed by atoms with Crippen LogP contribution in [0.25, 0.3) is 0 Å². The number of methoxy groups -OCH3 is 2. The van der Waals surface area contributed by atoms with Crippen LogP contribution < -0.4 is 9.47 Å². The quantitative estimate of drug-likeness (QED) is 0.575. The fraction of sp³-hybridized carbons (Fsp3) is 0.357. The Morgan fingerprint density at radius 3 is 2.50 bits per heavy atom. The molecule has 0 saturated heterocycles. The predicted molar refractivity (Wildman–Crippen MR) is 68.9 cm³/mol. The van der Waals surface area contributed by atoms with E-state index in [0.717, 1.165) is 5.56 Å². The maximum absolute atomic E-state index is 11.1. The summed E-state index contributed by atoms with van der Waals surface area (Å²) in [7, 11) is 3.14. The standard InChI is InChI=1S/C14H18O4/c1-5-6-12(18-10(2)15)11-7-8-13(16-3)14(9-11)17-4/h5,7-9,12H,1,6H2,2-4H3. The first-order valence-electron chi connectivity index (χ1n) is 5.62. The highest BCUT2D eigenvalue weighted by atomic mass is 16.5. The summed E-state index contributed by atoms with van der Waals surface area (Å²) in [6, 6.07) is 5.43. The van der Waals surface area contributed by atoms with Gasteiger partial charge in [0.05, 0.1) is 14.2 Å². The molecule has 0 spiro atoms. The fourth-order valence-corrected chi connectivity index (χ4v) is 1.66. The molecule has 1 aromatic rings. The van der Waals surface area contributed by atoms with Crippen molar-refractivity contribution < 1.29 is 19.0 Å². The van der Waals surface area contributed by atoms with Gasteiger partial charge in [-0.1, -0.05) is 12.1 Å². The Bertz CT molecular complexity index is 426. The molecule has 98 valence electrons. The van der Waals surface area contributed by atoms with Crippen LogP contribution in [0.2, 0.25) is 0 Å². The van der Waals surface area contributed by atoms with Gasteiger partial charge in [0.15, 0.2) is 11.5 Å². The maximum Gasteiger partial charge on any atom is 0.303 e. The molecule has 1 aromatic carbocycles. The zero-order chi connectivity index (χ0) is 13.5. The Kier molecular flexibility index (Phi) is 5.24. The molecule has 0 aliphatic rings. The van der Waals surface area contributed by atoms with Gasteiger partial charge in [-0.3, -0.25) is 4.79 Å². The average molecular weight is 250 g/mol. The van der Waals surface area contributed by atoms with Crippen molar-refractivity contribution in [3.05, 3.63) is 36.4 Å². The molecule has 0 amide bonds.